The van der Waals surface area contributed by atoms with Crippen molar-refractivity contribution in [2.45, 2.75) is 0 Å². The summed E-state index contributed by atoms with van der Waals surface area (Å²) in [4.78, 5) is 3.99. The summed E-state index contributed by atoms with van der Waals surface area (Å²) in [5.74, 6) is 0.863. The predicted molar refractivity (Wildman–Crippen MR) is 82.3 cm³/mol. The van der Waals surface area contributed by atoms with Gasteiger partial charge >= 0.3 is 0 Å². The fraction of sp³-hybridized carbons (Fsp3) is 0. The average molecular weight is 351 g/mol. The third kappa shape index (κ3) is 2.30. The maximum absolute atomic E-state index is 6.24. The number of nitrogen functional groups attached to an aromatic ring is 1. The van der Waals surface area contributed by atoms with Gasteiger partial charge in [-0.1, -0.05) is 32.7 Å². The monoisotopic (exact) mass is 349 g/mol. The van der Waals surface area contributed by atoms with Crippen LogP contribution in [0.25, 0.3) is 22.5 Å². The van der Waals surface area contributed by atoms with Gasteiger partial charge in [0.05, 0.1) is 10.6 Å². The van der Waals surface area contributed by atoms with E-state index < -0.39 is 0 Å². The summed E-state index contributed by atoms with van der Waals surface area (Å²) in [6, 6.07) is 9.21. The molecule has 0 bridgehead atoms. The molecule has 0 aliphatic heterocycles. The Hall–Kier alpha value is -1.85. The van der Waals surface area contributed by atoms with Crippen LogP contribution in [0.4, 0.5) is 5.82 Å². The van der Waals surface area contributed by atoms with Crippen LogP contribution in [0.3, 0.4) is 0 Å². The smallest absolute Gasteiger partial charge is 0.178 e. The van der Waals surface area contributed by atoms with E-state index in [4.69, 9.17) is 21.9 Å². The minimum atomic E-state index is 0.322. The van der Waals surface area contributed by atoms with Crippen LogP contribution in [0.15, 0.2) is 51.7 Å². The number of halogens is 2. The van der Waals surface area contributed by atoms with Crippen molar-refractivity contribution in [3.8, 4) is 22.5 Å². The molecule has 0 aliphatic rings. The van der Waals surface area contributed by atoms with Crippen LogP contribution in [-0.2, 0) is 0 Å². The molecule has 0 aliphatic carbocycles. The summed E-state index contributed by atoms with van der Waals surface area (Å²) in [7, 11) is 0. The molecule has 0 spiro atoms. The maximum Gasteiger partial charge on any atom is 0.178 e. The van der Waals surface area contributed by atoms with Crippen LogP contribution >= 0.6 is 27.5 Å². The number of aromatic nitrogens is 2. The van der Waals surface area contributed by atoms with Crippen molar-refractivity contribution >= 4 is 33.3 Å². The fourth-order valence-electron chi connectivity index (χ4n) is 1.96. The Kier molecular flexibility index (Phi) is 3.46. The van der Waals surface area contributed by atoms with Gasteiger partial charge in [0.25, 0.3) is 0 Å². The lowest BCUT2D eigenvalue weighted by atomic mass is 10.0. The molecule has 0 radical (unpaired) electrons. The van der Waals surface area contributed by atoms with E-state index in [9.17, 15) is 0 Å². The number of hydrogen-bond donors (Lipinski definition) is 1. The standard InChI is InChI=1S/C14H9BrClN3O/c15-9-1-2-11(16)10(7-9)13-12(14(17)19-20-13)8-3-5-18-6-4-8/h1-7H,(H2,17,19). The number of benzene rings is 1. The Morgan fingerprint density at radius 1 is 1.15 bits per heavy atom. The van der Waals surface area contributed by atoms with Gasteiger partial charge in [-0.15, -0.1) is 0 Å². The van der Waals surface area contributed by atoms with Crippen molar-refractivity contribution in [2.75, 3.05) is 5.73 Å². The minimum Gasteiger partial charge on any atom is -0.380 e. The Labute approximate surface area is 128 Å². The second-order valence-corrected chi connectivity index (χ2v) is 5.45. The Morgan fingerprint density at radius 2 is 1.90 bits per heavy atom. The van der Waals surface area contributed by atoms with Crippen LogP contribution in [-0.4, -0.2) is 10.1 Å². The number of pyridine rings is 1. The van der Waals surface area contributed by atoms with Gasteiger partial charge in [-0.2, -0.15) is 0 Å². The van der Waals surface area contributed by atoms with Crippen molar-refractivity contribution < 1.29 is 4.52 Å². The van der Waals surface area contributed by atoms with E-state index in [0.29, 0.717) is 22.2 Å². The van der Waals surface area contributed by atoms with Gasteiger partial charge in [0.2, 0.25) is 0 Å². The summed E-state index contributed by atoms with van der Waals surface area (Å²) < 4.78 is 6.27. The molecule has 0 atom stereocenters. The van der Waals surface area contributed by atoms with Crippen LogP contribution in [0, 0.1) is 0 Å². The van der Waals surface area contributed by atoms with E-state index in [1.165, 1.54) is 0 Å². The summed E-state index contributed by atoms with van der Waals surface area (Å²) in [6.45, 7) is 0. The third-order valence-corrected chi connectivity index (χ3v) is 3.68. The Bertz CT molecular complexity index is 758. The molecule has 6 heteroatoms. The molecular formula is C14H9BrClN3O. The first-order valence-corrected chi connectivity index (χ1v) is 6.95. The molecule has 2 N–H and O–H groups in total. The lowest BCUT2D eigenvalue weighted by molar-refractivity contribution is 0.436. The van der Waals surface area contributed by atoms with Gasteiger partial charge < -0.3 is 10.3 Å². The SMILES string of the molecule is Nc1noc(-c2cc(Br)ccc2Cl)c1-c1ccncc1. The van der Waals surface area contributed by atoms with Crippen molar-refractivity contribution in [3.63, 3.8) is 0 Å². The van der Waals surface area contributed by atoms with Crippen molar-refractivity contribution in [1.29, 1.82) is 0 Å². The molecule has 3 rings (SSSR count). The molecule has 0 fully saturated rings. The van der Waals surface area contributed by atoms with Crippen molar-refractivity contribution in [3.05, 3.63) is 52.2 Å². The number of rotatable bonds is 2. The molecule has 0 unspecified atom stereocenters. The quantitative estimate of drug-likeness (QED) is 0.744. The molecule has 2 heterocycles. The molecule has 100 valence electrons. The minimum absolute atomic E-state index is 0.322. The van der Waals surface area contributed by atoms with Crippen molar-refractivity contribution in [2.24, 2.45) is 0 Å². The lowest BCUT2D eigenvalue weighted by Gasteiger charge is -2.05. The van der Waals surface area contributed by atoms with Crippen LogP contribution in [0.2, 0.25) is 5.02 Å². The zero-order chi connectivity index (χ0) is 14.1. The highest BCUT2D eigenvalue weighted by atomic mass is 79.9. The van der Waals surface area contributed by atoms with E-state index in [-0.39, 0.29) is 0 Å². The predicted octanol–water partition coefficient (Wildman–Crippen LogP) is 4.40. The highest BCUT2D eigenvalue weighted by molar-refractivity contribution is 9.10. The molecule has 4 nitrogen and oxygen atoms in total. The van der Waals surface area contributed by atoms with E-state index >= 15 is 0 Å². The van der Waals surface area contributed by atoms with E-state index in [2.05, 4.69) is 26.1 Å². The molecule has 0 amide bonds. The highest BCUT2D eigenvalue weighted by Crippen LogP contribution is 2.40. The number of anilines is 1. The van der Waals surface area contributed by atoms with Gasteiger partial charge in [-0.05, 0) is 35.9 Å². The van der Waals surface area contributed by atoms with Gasteiger partial charge in [0.1, 0.15) is 0 Å². The van der Waals surface area contributed by atoms with Gasteiger partial charge in [-0.3, -0.25) is 4.98 Å². The second-order valence-electron chi connectivity index (χ2n) is 4.13. The molecule has 20 heavy (non-hydrogen) atoms. The maximum atomic E-state index is 6.24. The first-order valence-electron chi connectivity index (χ1n) is 5.78. The summed E-state index contributed by atoms with van der Waals surface area (Å²) in [5.41, 5.74) is 8.25. The first-order chi connectivity index (χ1) is 9.66. The highest BCUT2D eigenvalue weighted by Gasteiger charge is 2.19. The molecule has 1 aromatic carbocycles. The summed E-state index contributed by atoms with van der Waals surface area (Å²) in [5, 5.41) is 4.42. The molecule has 0 saturated heterocycles. The number of nitrogens with two attached hydrogens (primary N) is 1. The average Bonchev–Trinajstić information content (AvgIpc) is 2.84. The lowest BCUT2D eigenvalue weighted by Crippen LogP contribution is -1.89. The Balaban J connectivity index is 2.24. The van der Waals surface area contributed by atoms with Gasteiger partial charge in [0.15, 0.2) is 11.6 Å². The summed E-state index contributed by atoms with van der Waals surface area (Å²) in [6.07, 6.45) is 3.38. The second kappa shape index (κ2) is 5.26. The topological polar surface area (TPSA) is 64.9 Å². The number of hydrogen-bond acceptors (Lipinski definition) is 4. The number of nitrogens with zero attached hydrogens (tertiary/aromatic N) is 2. The molecule has 3 aromatic rings. The van der Waals surface area contributed by atoms with E-state index in [1.54, 1.807) is 18.5 Å². The van der Waals surface area contributed by atoms with Crippen LogP contribution < -0.4 is 5.73 Å². The molecule has 2 aromatic heterocycles. The zero-order valence-electron chi connectivity index (χ0n) is 10.2. The van der Waals surface area contributed by atoms with Crippen LogP contribution in [0.5, 0.6) is 0 Å². The molecular weight excluding hydrogens is 342 g/mol. The van der Waals surface area contributed by atoms with E-state index in [0.717, 1.165) is 15.6 Å². The largest absolute Gasteiger partial charge is 0.380 e. The van der Waals surface area contributed by atoms with Crippen LogP contribution in [0.1, 0.15) is 0 Å². The van der Waals surface area contributed by atoms with Gasteiger partial charge in [0, 0.05) is 22.4 Å². The van der Waals surface area contributed by atoms with E-state index in [1.807, 2.05) is 24.3 Å². The molecule has 0 saturated carbocycles. The zero-order valence-corrected chi connectivity index (χ0v) is 12.5. The first kappa shape index (κ1) is 13.1. The normalized spacial score (nSPS) is 10.7. The van der Waals surface area contributed by atoms with Crippen molar-refractivity contribution in [1.82, 2.24) is 10.1 Å². The fourth-order valence-corrected chi connectivity index (χ4v) is 2.52. The Morgan fingerprint density at radius 3 is 2.65 bits per heavy atom. The van der Waals surface area contributed by atoms with Gasteiger partial charge in [-0.25, -0.2) is 0 Å². The third-order valence-electron chi connectivity index (χ3n) is 2.86. The summed E-state index contributed by atoms with van der Waals surface area (Å²) >= 11 is 9.66.